The van der Waals surface area contributed by atoms with Gasteiger partial charge in [-0.1, -0.05) is 13.0 Å². The van der Waals surface area contributed by atoms with Crippen LogP contribution in [0.5, 0.6) is 17.2 Å². The third-order valence-electron chi connectivity index (χ3n) is 6.63. The molecule has 0 spiro atoms. The van der Waals surface area contributed by atoms with Gasteiger partial charge in [0.15, 0.2) is 33.7 Å². The summed E-state index contributed by atoms with van der Waals surface area (Å²) in [4.78, 5) is 14.1. The molecule has 0 radical (unpaired) electrons. The summed E-state index contributed by atoms with van der Waals surface area (Å²) in [5.74, 6) is -2.84. The van der Waals surface area contributed by atoms with E-state index in [0.717, 1.165) is 12.1 Å². The van der Waals surface area contributed by atoms with Crippen molar-refractivity contribution in [3.63, 3.8) is 0 Å². The van der Waals surface area contributed by atoms with Crippen molar-refractivity contribution < 1.29 is 40.8 Å². The molecule has 1 aliphatic rings. The first-order valence-electron chi connectivity index (χ1n) is 10.5. The quantitative estimate of drug-likeness (QED) is 0.400. The standard InChI is InChI=1S/C23H27F2NO7S/c1-5-23(34(28,29)30,21(27)14-10-18(31-2)20(33-4)19(11-14)32-3)22(8-9-26-13-22)15-6-7-16(24)17(25)12-15/h6-7,10-12,26H,5,8-9,13H2,1-4H3,(H,28,29,30). The van der Waals surface area contributed by atoms with Crippen LogP contribution in [-0.2, 0) is 15.5 Å². The topological polar surface area (TPSA) is 111 Å². The Labute approximate surface area is 197 Å². The van der Waals surface area contributed by atoms with Crippen molar-refractivity contribution in [2.24, 2.45) is 0 Å². The fourth-order valence-corrected chi connectivity index (χ4v) is 6.52. The molecular weight excluding hydrogens is 472 g/mol. The predicted molar refractivity (Wildman–Crippen MR) is 121 cm³/mol. The van der Waals surface area contributed by atoms with E-state index in [0.29, 0.717) is 6.54 Å². The minimum atomic E-state index is -5.11. The molecular formula is C23H27F2NO7S. The van der Waals surface area contributed by atoms with Gasteiger partial charge in [0.1, 0.15) is 0 Å². The first-order valence-corrected chi connectivity index (χ1v) is 11.9. The van der Waals surface area contributed by atoms with Crippen LogP contribution in [0.15, 0.2) is 30.3 Å². The first-order chi connectivity index (χ1) is 16.0. The fraction of sp³-hybridized carbons (Fsp3) is 0.435. The number of carbonyl (C=O) groups is 1. The number of carbonyl (C=O) groups excluding carboxylic acids is 1. The Hall–Kier alpha value is -2.76. The first kappa shape index (κ1) is 25.9. The van der Waals surface area contributed by atoms with Gasteiger partial charge < -0.3 is 19.5 Å². The van der Waals surface area contributed by atoms with Gasteiger partial charge in [-0.25, -0.2) is 8.78 Å². The van der Waals surface area contributed by atoms with E-state index in [4.69, 9.17) is 14.2 Å². The van der Waals surface area contributed by atoms with Gasteiger partial charge in [0.05, 0.1) is 21.3 Å². The Balaban J connectivity index is 2.36. The highest BCUT2D eigenvalue weighted by Crippen LogP contribution is 2.50. The van der Waals surface area contributed by atoms with Gasteiger partial charge >= 0.3 is 0 Å². The molecule has 2 unspecified atom stereocenters. The number of halogens is 2. The number of benzene rings is 2. The highest BCUT2D eigenvalue weighted by molar-refractivity contribution is 7.88. The Morgan fingerprint density at radius 2 is 1.71 bits per heavy atom. The lowest BCUT2D eigenvalue weighted by atomic mass is 9.65. The normalized spacial score (nSPS) is 20.0. The van der Waals surface area contributed by atoms with Crippen molar-refractivity contribution in [3.05, 3.63) is 53.1 Å². The number of nitrogens with one attached hydrogen (secondary N) is 1. The van der Waals surface area contributed by atoms with Gasteiger partial charge in [-0.3, -0.25) is 9.35 Å². The Kier molecular flexibility index (Phi) is 7.20. The number of Topliss-reactive ketones (excluding diaryl/α,β-unsaturated/α-hetero) is 1. The van der Waals surface area contributed by atoms with Crippen LogP contribution in [0.1, 0.15) is 35.7 Å². The Morgan fingerprint density at radius 3 is 2.12 bits per heavy atom. The van der Waals surface area contributed by atoms with E-state index in [9.17, 15) is 26.5 Å². The molecule has 0 bridgehead atoms. The average Bonchev–Trinajstić information content (AvgIpc) is 3.30. The summed E-state index contributed by atoms with van der Waals surface area (Å²) in [6.07, 6.45) is -0.274. The molecule has 1 saturated heterocycles. The van der Waals surface area contributed by atoms with Crippen LogP contribution in [0.2, 0.25) is 0 Å². The summed E-state index contributed by atoms with van der Waals surface area (Å²) in [7, 11) is -1.06. The minimum Gasteiger partial charge on any atom is -0.493 e. The van der Waals surface area contributed by atoms with Crippen LogP contribution < -0.4 is 19.5 Å². The van der Waals surface area contributed by atoms with Crippen LogP contribution in [0.4, 0.5) is 8.78 Å². The second-order valence-electron chi connectivity index (χ2n) is 8.04. The summed E-state index contributed by atoms with van der Waals surface area (Å²) in [6.45, 7) is 1.67. The number of hydrogen-bond acceptors (Lipinski definition) is 7. The molecule has 34 heavy (non-hydrogen) atoms. The maximum absolute atomic E-state index is 14.3. The monoisotopic (exact) mass is 499 g/mol. The van der Waals surface area contributed by atoms with E-state index < -0.39 is 37.7 Å². The molecule has 0 aromatic heterocycles. The van der Waals surface area contributed by atoms with Crippen LogP contribution in [0.3, 0.4) is 0 Å². The zero-order valence-corrected chi connectivity index (χ0v) is 20.1. The molecule has 2 aromatic carbocycles. The molecule has 1 aliphatic heterocycles. The summed E-state index contributed by atoms with van der Waals surface area (Å²) < 4.78 is 78.2. The second kappa shape index (κ2) is 9.47. The van der Waals surface area contributed by atoms with Crippen LogP contribution in [-0.4, -0.2) is 57.9 Å². The molecule has 2 aromatic rings. The molecule has 0 saturated carbocycles. The molecule has 2 N–H and O–H groups in total. The van der Waals surface area contributed by atoms with Gasteiger partial charge in [0, 0.05) is 17.5 Å². The molecule has 0 aliphatic carbocycles. The Bertz CT molecular complexity index is 1170. The van der Waals surface area contributed by atoms with Gasteiger partial charge in [-0.15, -0.1) is 0 Å². The number of ketones is 1. The largest absolute Gasteiger partial charge is 0.493 e. The third kappa shape index (κ3) is 3.81. The van der Waals surface area contributed by atoms with Crippen LogP contribution in [0.25, 0.3) is 0 Å². The van der Waals surface area contributed by atoms with Gasteiger partial charge in [-0.05, 0) is 49.2 Å². The fourth-order valence-electron chi connectivity index (χ4n) is 5.02. The SMILES string of the molecule is CCC(C(=O)c1cc(OC)c(OC)c(OC)c1)(C1(c2ccc(F)c(F)c2)CCNC1)S(=O)(=O)O. The van der Waals surface area contributed by atoms with Crippen molar-refractivity contribution in [2.75, 3.05) is 34.4 Å². The van der Waals surface area contributed by atoms with Crippen molar-refractivity contribution in [1.82, 2.24) is 5.32 Å². The average molecular weight is 500 g/mol. The third-order valence-corrected chi connectivity index (χ3v) is 8.38. The van der Waals surface area contributed by atoms with Crippen LogP contribution in [0, 0.1) is 11.6 Å². The summed E-state index contributed by atoms with van der Waals surface area (Å²) in [5, 5.41) is 3.01. The molecule has 11 heteroatoms. The van der Waals surface area contributed by atoms with E-state index in [-0.39, 0.29) is 47.8 Å². The van der Waals surface area contributed by atoms with E-state index in [2.05, 4.69) is 5.32 Å². The Morgan fingerprint density at radius 1 is 1.09 bits per heavy atom. The number of rotatable bonds is 9. The molecule has 3 rings (SSSR count). The number of methoxy groups -OCH3 is 3. The highest BCUT2D eigenvalue weighted by Gasteiger charge is 2.65. The lowest BCUT2D eigenvalue weighted by Gasteiger charge is -2.45. The van der Waals surface area contributed by atoms with Gasteiger partial charge in [-0.2, -0.15) is 8.42 Å². The smallest absolute Gasteiger partial charge is 0.279 e. The predicted octanol–water partition coefficient (Wildman–Crippen LogP) is 3.14. The minimum absolute atomic E-state index is 0.0676. The van der Waals surface area contributed by atoms with Crippen LogP contribution >= 0.6 is 0 Å². The molecule has 2 atom stereocenters. The highest BCUT2D eigenvalue weighted by atomic mass is 32.2. The van der Waals surface area contributed by atoms with Gasteiger partial charge in [0.25, 0.3) is 10.1 Å². The summed E-state index contributed by atoms with van der Waals surface area (Å²) >= 11 is 0. The lowest BCUT2D eigenvalue weighted by molar-refractivity contribution is 0.0867. The van der Waals surface area contributed by atoms with E-state index in [1.807, 2.05) is 0 Å². The number of hydrogen-bond donors (Lipinski definition) is 2. The van der Waals surface area contributed by atoms with E-state index in [1.165, 1.54) is 46.5 Å². The maximum atomic E-state index is 14.3. The molecule has 1 fully saturated rings. The zero-order chi connectivity index (χ0) is 25.3. The van der Waals surface area contributed by atoms with E-state index >= 15 is 0 Å². The van der Waals surface area contributed by atoms with Crippen molar-refractivity contribution in [2.45, 2.75) is 29.9 Å². The molecule has 1 heterocycles. The summed E-state index contributed by atoms with van der Waals surface area (Å²) in [6, 6.07) is 5.57. The van der Waals surface area contributed by atoms with Crippen molar-refractivity contribution in [3.8, 4) is 17.2 Å². The molecule has 0 amide bonds. The summed E-state index contributed by atoms with van der Waals surface area (Å²) in [5.41, 5.74) is -1.64. The lowest BCUT2D eigenvalue weighted by Crippen LogP contribution is -2.62. The van der Waals surface area contributed by atoms with E-state index in [1.54, 1.807) is 0 Å². The van der Waals surface area contributed by atoms with Crippen molar-refractivity contribution in [1.29, 1.82) is 0 Å². The second-order valence-corrected chi connectivity index (χ2v) is 9.68. The van der Waals surface area contributed by atoms with Crippen molar-refractivity contribution >= 4 is 15.9 Å². The zero-order valence-electron chi connectivity index (χ0n) is 19.3. The number of ether oxygens (including phenoxy) is 3. The maximum Gasteiger partial charge on any atom is 0.279 e. The molecule has 8 nitrogen and oxygen atoms in total. The van der Waals surface area contributed by atoms with Gasteiger partial charge in [0.2, 0.25) is 5.75 Å². The molecule has 186 valence electrons.